The summed E-state index contributed by atoms with van der Waals surface area (Å²) >= 11 is 0. The second-order valence-corrected chi connectivity index (χ2v) is 4.87. The van der Waals surface area contributed by atoms with Crippen LogP contribution in [0.1, 0.15) is 66.7 Å². The molecule has 0 heterocycles. The highest BCUT2D eigenvalue weighted by atomic mass is 14.2. The first-order valence-electron chi connectivity index (χ1n) is 6.11. The van der Waals surface area contributed by atoms with Crippen LogP contribution in [0.15, 0.2) is 0 Å². The predicted octanol–water partition coefficient (Wildman–Crippen LogP) is 4.89. The quantitative estimate of drug-likeness (QED) is 0.528. The Morgan fingerprint density at radius 1 is 0.769 bits per heavy atom. The third-order valence-corrected chi connectivity index (χ3v) is 3.27. The van der Waals surface area contributed by atoms with Gasteiger partial charge in [-0.1, -0.05) is 60.3 Å². The maximum atomic E-state index is 2.42. The molecule has 0 fully saturated rings. The molecule has 0 saturated heterocycles. The van der Waals surface area contributed by atoms with Crippen molar-refractivity contribution in [1.82, 2.24) is 0 Å². The van der Waals surface area contributed by atoms with E-state index >= 15 is 0 Å². The van der Waals surface area contributed by atoms with Crippen molar-refractivity contribution >= 4 is 0 Å². The van der Waals surface area contributed by atoms with E-state index in [0.29, 0.717) is 0 Å². The summed E-state index contributed by atoms with van der Waals surface area (Å²) in [5.74, 6) is 2.77. The van der Waals surface area contributed by atoms with Crippen LogP contribution in [-0.2, 0) is 0 Å². The van der Waals surface area contributed by atoms with E-state index in [-0.39, 0.29) is 0 Å². The molecule has 0 saturated carbocycles. The Morgan fingerprint density at radius 3 is 1.77 bits per heavy atom. The molecular formula is C13H28. The molecule has 0 aromatic rings. The first kappa shape index (κ1) is 13.0. The van der Waals surface area contributed by atoms with Crippen LogP contribution < -0.4 is 0 Å². The van der Waals surface area contributed by atoms with Crippen LogP contribution in [0, 0.1) is 17.8 Å². The fourth-order valence-corrected chi connectivity index (χ4v) is 2.22. The molecule has 0 aromatic carbocycles. The Hall–Kier alpha value is 0. The molecule has 0 rings (SSSR count). The molecule has 0 bridgehead atoms. The van der Waals surface area contributed by atoms with Gasteiger partial charge in [0.15, 0.2) is 0 Å². The molecule has 0 unspecified atom stereocenters. The molecule has 80 valence electrons. The van der Waals surface area contributed by atoms with Crippen molar-refractivity contribution in [2.24, 2.45) is 17.8 Å². The highest BCUT2D eigenvalue weighted by Crippen LogP contribution is 2.25. The smallest absolute Gasteiger partial charge is 0.0414 e. The van der Waals surface area contributed by atoms with Gasteiger partial charge in [-0.25, -0.2) is 0 Å². The lowest BCUT2D eigenvalue weighted by Crippen LogP contribution is -2.11. The van der Waals surface area contributed by atoms with Gasteiger partial charge in [0, 0.05) is 0 Å². The van der Waals surface area contributed by atoms with Gasteiger partial charge in [0.05, 0.1) is 0 Å². The van der Waals surface area contributed by atoms with Gasteiger partial charge in [-0.15, -0.1) is 0 Å². The molecule has 0 aliphatic rings. The van der Waals surface area contributed by atoms with Gasteiger partial charge in [0.2, 0.25) is 0 Å². The van der Waals surface area contributed by atoms with Crippen LogP contribution in [0.5, 0.6) is 0 Å². The molecule has 13 heavy (non-hydrogen) atoms. The summed E-state index contributed by atoms with van der Waals surface area (Å²) in [6.07, 6.45) is 6.92. The van der Waals surface area contributed by atoms with Gasteiger partial charge in [-0.3, -0.25) is 0 Å². The van der Waals surface area contributed by atoms with Crippen molar-refractivity contribution in [3.63, 3.8) is 0 Å². The summed E-state index contributed by atoms with van der Waals surface area (Å²) in [5, 5.41) is 0. The molecule has 0 heteroatoms. The van der Waals surface area contributed by atoms with Crippen LogP contribution in [-0.4, -0.2) is 0 Å². The third-order valence-electron chi connectivity index (χ3n) is 3.27. The molecular weight excluding hydrogens is 156 g/mol. The number of hydrogen-bond donors (Lipinski definition) is 0. The Labute approximate surface area is 85.1 Å². The Bertz CT molecular complexity index is 107. The average molecular weight is 184 g/mol. The van der Waals surface area contributed by atoms with Gasteiger partial charge in [0.1, 0.15) is 0 Å². The SMILES string of the molecule is CCC[C@@H](C)C[C@@H](C)[C@H](C)CCC. The molecule has 0 aliphatic heterocycles. The largest absolute Gasteiger partial charge is 0.0654 e. The zero-order valence-electron chi connectivity index (χ0n) is 10.3. The van der Waals surface area contributed by atoms with Crippen LogP contribution in [0.3, 0.4) is 0 Å². The van der Waals surface area contributed by atoms with Crippen molar-refractivity contribution in [3.05, 3.63) is 0 Å². The van der Waals surface area contributed by atoms with Crippen molar-refractivity contribution in [2.75, 3.05) is 0 Å². The van der Waals surface area contributed by atoms with Crippen LogP contribution in [0.4, 0.5) is 0 Å². The summed E-state index contributed by atoms with van der Waals surface area (Å²) in [4.78, 5) is 0. The van der Waals surface area contributed by atoms with E-state index in [1.54, 1.807) is 0 Å². The normalized spacial score (nSPS) is 18.2. The lowest BCUT2D eigenvalue weighted by molar-refractivity contribution is 0.289. The van der Waals surface area contributed by atoms with Crippen LogP contribution in [0.25, 0.3) is 0 Å². The van der Waals surface area contributed by atoms with Crippen molar-refractivity contribution < 1.29 is 0 Å². The maximum absolute atomic E-state index is 2.42. The topological polar surface area (TPSA) is 0 Å². The minimum atomic E-state index is 0.918. The molecule has 0 radical (unpaired) electrons. The number of hydrogen-bond acceptors (Lipinski definition) is 0. The van der Waals surface area contributed by atoms with E-state index in [1.165, 1.54) is 32.1 Å². The highest BCUT2D eigenvalue weighted by Gasteiger charge is 2.14. The summed E-state index contributed by atoms with van der Waals surface area (Å²) < 4.78 is 0. The summed E-state index contributed by atoms with van der Waals surface area (Å²) in [5.41, 5.74) is 0. The zero-order valence-corrected chi connectivity index (χ0v) is 10.3. The van der Waals surface area contributed by atoms with Gasteiger partial charge < -0.3 is 0 Å². The van der Waals surface area contributed by atoms with Crippen molar-refractivity contribution in [1.29, 1.82) is 0 Å². The standard InChI is InChI=1S/C13H28/c1-6-8-11(3)10-13(5)12(4)9-7-2/h11-13H,6-10H2,1-5H3/t11-,12-,13-/m1/s1. The third kappa shape index (κ3) is 6.12. The molecule has 0 aliphatic carbocycles. The van der Waals surface area contributed by atoms with E-state index in [4.69, 9.17) is 0 Å². The van der Waals surface area contributed by atoms with Gasteiger partial charge in [-0.2, -0.15) is 0 Å². The summed E-state index contributed by atoms with van der Waals surface area (Å²) in [6, 6.07) is 0. The average Bonchev–Trinajstić information content (AvgIpc) is 2.05. The Kier molecular flexibility index (Phi) is 7.41. The first-order chi connectivity index (χ1) is 6.11. The van der Waals surface area contributed by atoms with E-state index in [9.17, 15) is 0 Å². The minimum absolute atomic E-state index is 0.918. The molecule has 0 aromatic heterocycles. The fraction of sp³-hybridized carbons (Fsp3) is 1.00. The number of rotatable bonds is 7. The first-order valence-corrected chi connectivity index (χ1v) is 6.11. The lowest BCUT2D eigenvalue weighted by Gasteiger charge is -2.22. The van der Waals surface area contributed by atoms with E-state index in [0.717, 1.165) is 17.8 Å². The molecule has 0 amide bonds. The molecule has 0 nitrogen and oxygen atoms in total. The van der Waals surface area contributed by atoms with Gasteiger partial charge >= 0.3 is 0 Å². The predicted molar refractivity (Wildman–Crippen MR) is 61.9 cm³/mol. The van der Waals surface area contributed by atoms with Crippen LogP contribution in [0.2, 0.25) is 0 Å². The second kappa shape index (κ2) is 7.41. The Morgan fingerprint density at radius 2 is 1.31 bits per heavy atom. The van der Waals surface area contributed by atoms with E-state index < -0.39 is 0 Å². The van der Waals surface area contributed by atoms with Crippen LogP contribution >= 0.6 is 0 Å². The molecule has 3 atom stereocenters. The monoisotopic (exact) mass is 184 g/mol. The lowest BCUT2D eigenvalue weighted by atomic mass is 9.84. The Balaban J connectivity index is 3.64. The second-order valence-electron chi connectivity index (χ2n) is 4.87. The fourth-order valence-electron chi connectivity index (χ4n) is 2.22. The van der Waals surface area contributed by atoms with Crippen molar-refractivity contribution in [3.8, 4) is 0 Å². The van der Waals surface area contributed by atoms with E-state index in [2.05, 4.69) is 34.6 Å². The van der Waals surface area contributed by atoms with Crippen molar-refractivity contribution in [2.45, 2.75) is 66.7 Å². The molecule has 0 spiro atoms. The summed E-state index contributed by atoms with van der Waals surface area (Å²) in [7, 11) is 0. The van der Waals surface area contributed by atoms with Gasteiger partial charge in [-0.05, 0) is 24.2 Å². The molecule has 0 N–H and O–H groups in total. The zero-order chi connectivity index (χ0) is 10.3. The summed E-state index contributed by atoms with van der Waals surface area (Å²) in [6.45, 7) is 11.8. The highest BCUT2D eigenvalue weighted by molar-refractivity contribution is 4.65. The minimum Gasteiger partial charge on any atom is -0.0654 e. The van der Waals surface area contributed by atoms with Gasteiger partial charge in [0.25, 0.3) is 0 Å². The maximum Gasteiger partial charge on any atom is -0.0414 e. The van der Waals surface area contributed by atoms with E-state index in [1.807, 2.05) is 0 Å².